The molecule has 4 saturated carbocycles. The number of hydrogen-bond donors (Lipinski definition) is 2. The number of nitrogens with two attached hydrogens (primary N) is 1. The highest BCUT2D eigenvalue weighted by Crippen LogP contribution is 2.59. The lowest BCUT2D eigenvalue weighted by Gasteiger charge is -2.59. The highest BCUT2D eigenvalue weighted by molar-refractivity contribution is 5.07. The molecule has 2 heteroatoms. The van der Waals surface area contributed by atoms with Gasteiger partial charge in [0.25, 0.3) is 0 Å². The zero-order valence-corrected chi connectivity index (χ0v) is 11.2. The average Bonchev–Trinajstić information content (AvgIpc) is 2.26. The van der Waals surface area contributed by atoms with Crippen molar-refractivity contribution in [3.05, 3.63) is 0 Å². The summed E-state index contributed by atoms with van der Waals surface area (Å²) in [7, 11) is 0. The lowest BCUT2D eigenvalue weighted by molar-refractivity contribution is -0.0918. The van der Waals surface area contributed by atoms with Gasteiger partial charge in [0.15, 0.2) is 0 Å². The molecule has 0 radical (unpaired) electrons. The van der Waals surface area contributed by atoms with Gasteiger partial charge in [0.2, 0.25) is 0 Å². The van der Waals surface area contributed by atoms with Gasteiger partial charge in [-0.25, -0.2) is 0 Å². The maximum absolute atomic E-state index is 9.82. The van der Waals surface area contributed by atoms with E-state index in [1.54, 1.807) is 0 Å². The molecule has 0 aromatic carbocycles. The lowest BCUT2D eigenvalue weighted by Crippen LogP contribution is -2.63. The van der Waals surface area contributed by atoms with Gasteiger partial charge in [-0.3, -0.25) is 0 Å². The van der Waals surface area contributed by atoms with Crippen LogP contribution in [0.5, 0.6) is 0 Å². The van der Waals surface area contributed by atoms with Crippen molar-refractivity contribution in [2.24, 2.45) is 41.2 Å². The third kappa shape index (κ3) is 1.67. The minimum atomic E-state index is -0.331. The van der Waals surface area contributed by atoms with E-state index in [1.165, 1.54) is 32.1 Å². The maximum atomic E-state index is 9.82. The maximum Gasteiger partial charge on any atom is 0.0616 e. The molecule has 2 nitrogen and oxygen atoms in total. The molecule has 3 N–H and O–H groups in total. The van der Waals surface area contributed by atoms with E-state index in [9.17, 15) is 5.11 Å². The summed E-state index contributed by atoms with van der Waals surface area (Å²) in [5.41, 5.74) is 6.28. The Hall–Kier alpha value is -0.0800. The van der Waals surface area contributed by atoms with Crippen molar-refractivity contribution in [2.45, 2.75) is 51.5 Å². The van der Waals surface area contributed by atoms with Gasteiger partial charge in [-0.15, -0.1) is 0 Å². The highest BCUT2D eigenvalue weighted by atomic mass is 16.3. The second kappa shape index (κ2) is 3.96. The van der Waals surface area contributed by atoms with Gasteiger partial charge in [0.05, 0.1) is 6.61 Å². The van der Waals surface area contributed by atoms with Crippen LogP contribution in [0.4, 0.5) is 0 Å². The molecule has 0 aromatic heterocycles. The predicted octanol–water partition coefficient (Wildman–Crippen LogP) is 2.40. The van der Waals surface area contributed by atoms with Crippen LogP contribution in [0.25, 0.3) is 0 Å². The van der Waals surface area contributed by atoms with Crippen molar-refractivity contribution in [1.82, 2.24) is 0 Å². The van der Waals surface area contributed by atoms with Gasteiger partial charge in [-0.1, -0.05) is 13.8 Å². The third-order valence-corrected chi connectivity index (χ3v) is 6.20. The molecular weight excluding hydrogens is 210 g/mol. The summed E-state index contributed by atoms with van der Waals surface area (Å²) in [6.45, 7) is 4.53. The molecule has 4 fully saturated rings. The number of rotatable bonds is 3. The summed E-state index contributed by atoms with van der Waals surface area (Å²) in [6.07, 6.45) is 7.05. The van der Waals surface area contributed by atoms with Crippen LogP contribution in [0.1, 0.15) is 46.0 Å². The number of hydrogen-bond acceptors (Lipinski definition) is 2. The summed E-state index contributed by atoms with van der Waals surface area (Å²) >= 11 is 0. The molecule has 1 atom stereocenters. The zero-order chi connectivity index (χ0) is 12.2. The van der Waals surface area contributed by atoms with Crippen LogP contribution in [0.3, 0.4) is 0 Å². The van der Waals surface area contributed by atoms with Gasteiger partial charge in [0, 0.05) is 5.54 Å². The second-order valence-electron chi connectivity index (χ2n) is 7.38. The van der Waals surface area contributed by atoms with Crippen LogP contribution >= 0.6 is 0 Å². The van der Waals surface area contributed by atoms with Gasteiger partial charge in [-0.05, 0) is 67.6 Å². The molecule has 4 aliphatic rings. The normalized spacial score (nSPS) is 47.5. The number of aliphatic hydroxyl groups is 1. The summed E-state index contributed by atoms with van der Waals surface area (Å²) in [4.78, 5) is 0. The highest BCUT2D eigenvalue weighted by Gasteiger charge is 2.55. The van der Waals surface area contributed by atoms with Crippen molar-refractivity contribution in [2.75, 3.05) is 6.61 Å². The van der Waals surface area contributed by atoms with Crippen molar-refractivity contribution >= 4 is 0 Å². The van der Waals surface area contributed by atoms with Crippen molar-refractivity contribution in [1.29, 1.82) is 0 Å². The Labute approximate surface area is 105 Å². The Morgan fingerprint density at radius 3 is 1.88 bits per heavy atom. The van der Waals surface area contributed by atoms with E-state index in [0.717, 1.165) is 23.7 Å². The summed E-state index contributed by atoms with van der Waals surface area (Å²) < 4.78 is 0. The predicted molar refractivity (Wildman–Crippen MR) is 69.4 cm³/mol. The van der Waals surface area contributed by atoms with Crippen LogP contribution < -0.4 is 5.73 Å². The van der Waals surface area contributed by atoms with E-state index >= 15 is 0 Å². The molecule has 0 heterocycles. The molecular formula is C15H27NO. The van der Waals surface area contributed by atoms with Crippen molar-refractivity contribution in [3.63, 3.8) is 0 Å². The Morgan fingerprint density at radius 2 is 1.53 bits per heavy atom. The Morgan fingerprint density at radius 1 is 1.06 bits per heavy atom. The lowest BCUT2D eigenvalue weighted by atomic mass is 9.47. The van der Waals surface area contributed by atoms with Crippen LogP contribution in [0.2, 0.25) is 0 Å². The van der Waals surface area contributed by atoms with Gasteiger partial charge in [-0.2, -0.15) is 0 Å². The topological polar surface area (TPSA) is 46.2 Å². The van der Waals surface area contributed by atoms with E-state index in [-0.39, 0.29) is 12.1 Å². The Bertz CT molecular complexity index is 273. The second-order valence-corrected chi connectivity index (χ2v) is 7.38. The molecule has 0 aliphatic heterocycles. The minimum Gasteiger partial charge on any atom is -0.394 e. The first-order chi connectivity index (χ1) is 8.04. The van der Waals surface area contributed by atoms with Crippen LogP contribution in [0, 0.1) is 35.5 Å². The average molecular weight is 237 g/mol. The molecule has 4 bridgehead atoms. The largest absolute Gasteiger partial charge is 0.394 e. The smallest absolute Gasteiger partial charge is 0.0616 e. The van der Waals surface area contributed by atoms with E-state index < -0.39 is 0 Å². The summed E-state index contributed by atoms with van der Waals surface area (Å²) in [5.74, 6) is 4.57. The van der Waals surface area contributed by atoms with E-state index in [2.05, 4.69) is 13.8 Å². The quantitative estimate of drug-likeness (QED) is 0.792. The molecule has 0 saturated heterocycles. The first-order valence-electron chi connectivity index (χ1n) is 7.44. The SMILES string of the molecule is CC(C)C(N)(CO)C1C2CC3CC(C2)CC1C3. The van der Waals surface area contributed by atoms with Gasteiger partial charge >= 0.3 is 0 Å². The van der Waals surface area contributed by atoms with Crippen LogP contribution in [0.15, 0.2) is 0 Å². The fourth-order valence-electron chi connectivity index (χ4n) is 5.48. The summed E-state index contributed by atoms with van der Waals surface area (Å²) in [5, 5.41) is 9.82. The number of aliphatic hydroxyl groups excluding tert-OH is 1. The van der Waals surface area contributed by atoms with Crippen molar-refractivity contribution < 1.29 is 5.11 Å². The zero-order valence-electron chi connectivity index (χ0n) is 11.2. The first-order valence-corrected chi connectivity index (χ1v) is 7.44. The monoisotopic (exact) mass is 237 g/mol. The van der Waals surface area contributed by atoms with Crippen LogP contribution in [-0.2, 0) is 0 Å². The third-order valence-electron chi connectivity index (χ3n) is 6.20. The molecule has 4 aliphatic carbocycles. The molecule has 0 amide bonds. The van der Waals surface area contributed by atoms with E-state index in [1.807, 2.05) is 0 Å². The summed E-state index contributed by atoms with van der Waals surface area (Å²) in [6, 6.07) is 0. The van der Waals surface area contributed by atoms with Crippen LogP contribution in [-0.4, -0.2) is 17.3 Å². The molecule has 98 valence electrons. The fraction of sp³-hybridized carbons (Fsp3) is 1.00. The molecule has 0 spiro atoms. The minimum absolute atomic E-state index is 0.164. The standard InChI is InChI=1S/C15H27NO/c1-9(2)15(16,8-17)14-12-4-10-3-11(6-12)7-13(14)5-10/h9-14,17H,3-8,16H2,1-2H3. The first kappa shape index (κ1) is 12.0. The Balaban J connectivity index is 1.88. The van der Waals surface area contributed by atoms with Gasteiger partial charge < -0.3 is 10.8 Å². The van der Waals surface area contributed by atoms with E-state index in [4.69, 9.17) is 5.73 Å². The van der Waals surface area contributed by atoms with E-state index in [0.29, 0.717) is 11.8 Å². The molecule has 0 aromatic rings. The van der Waals surface area contributed by atoms with Gasteiger partial charge in [0.1, 0.15) is 0 Å². The van der Waals surface area contributed by atoms with Crippen molar-refractivity contribution in [3.8, 4) is 0 Å². The molecule has 4 rings (SSSR count). The Kier molecular flexibility index (Phi) is 2.79. The molecule has 17 heavy (non-hydrogen) atoms. The fourth-order valence-corrected chi connectivity index (χ4v) is 5.48. The molecule has 1 unspecified atom stereocenters.